The molecule has 2 N–H and O–H groups in total. The van der Waals surface area contributed by atoms with E-state index in [2.05, 4.69) is 65.5 Å². The van der Waals surface area contributed by atoms with E-state index in [9.17, 15) is 4.79 Å². The van der Waals surface area contributed by atoms with E-state index in [1.807, 2.05) is 18.2 Å². The maximum atomic E-state index is 12.3. The zero-order valence-electron chi connectivity index (χ0n) is 17.7. The maximum Gasteiger partial charge on any atom is 0.274 e. The van der Waals surface area contributed by atoms with Crippen LogP contribution in [-0.4, -0.2) is 52.7 Å². The summed E-state index contributed by atoms with van der Waals surface area (Å²) in [5.74, 6) is 0.966. The molecule has 1 saturated heterocycles. The lowest BCUT2D eigenvalue weighted by molar-refractivity contribution is 0.360. The average Bonchev–Trinajstić information content (AvgIpc) is 2.99. The Labute approximate surface area is 190 Å². The Kier molecular flexibility index (Phi) is 6.53. The summed E-state index contributed by atoms with van der Waals surface area (Å²) >= 11 is 3.45. The minimum absolute atomic E-state index is 0.127. The number of nitrogens with one attached hydrogen (secondary N) is 2. The van der Waals surface area contributed by atoms with Gasteiger partial charge in [-0.3, -0.25) is 4.79 Å². The summed E-state index contributed by atoms with van der Waals surface area (Å²) in [4.78, 5) is 25.9. The van der Waals surface area contributed by atoms with Crippen LogP contribution in [0.4, 0.5) is 28.8 Å². The van der Waals surface area contributed by atoms with Gasteiger partial charge in [-0.25, -0.2) is 4.98 Å². The third kappa shape index (κ3) is 5.23. The van der Waals surface area contributed by atoms with Crippen LogP contribution in [0.3, 0.4) is 0 Å². The van der Waals surface area contributed by atoms with Crippen LogP contribution in [0, 0.1) is 0 Å². The molecule has 4 rings (SSSR count). The first-order valence-electron chi connectivity index (χ1n) is 10.3. The van der Waals surface area contributed by atoms with Crippen LogP contribution < -0.4 is 21.1 Å². The molecule has 3 heterocycles. The molecule has 0 radical (unpaired) electrons. The molecule has 0 bridgehead atoms. The molecular weight excluding hydrogens is 458 g/mol. The van der Waals surface area contributed by atoms with Gasteiger partial charge in [0, 0.05) is 50.5 Å². The molecule has 9 heteroatoms. The lowest BCUT2D eigenvalue weighted by atomic mass is 10.2. The Morgan fingerprint density at radius 1 is 1.00 bits per heavy atom. The molecule has 8 nitrogen and oxygen atoms in total. The molecule has 1 aromatic carbocycles. The molecule has 0 unspecified atom stereocenters. The van der Waals surface area contributed by atoms with Crippen molar-refractivity contribution in [2.45, 2.75) is 6.42 Å². The summed E-state index contributed by atoms with van der Waals surface area (Å²) in [6, 6.07) is 11.9. The lowest BCUT2D eigenvalue weighted by Crippen LogP contribution is -2.28. The molecule has 0 saturated carbocycles. The lowest BCUT2D eigenvalue weighted by Gasteiger charge is -2.23. The van der Waals surface area contributed by atoms with Gasteiger partial charge in [-0.15, -0.1) is 0 Å². The molecule has 0 atom stereocenters. The first-order valence-corrected chi connectivity index (χ1v) is 11.0. The van der Waals surface area contributed by atoms with E-state index < -0.39 is 0 Å². The third-order valence-electron chi connectivity index (χ3n) is 5.33. The van der Waals surface area contributed by atoms with Gasteiger partial charge in [0.15, 0.2) is 5.82 Å². The molecule has 0 spiro atoms. The van der Waals surface area contributed by atoms with Gasteiger partial charge >= 0.3 is 0 Å². The van der Waals surface area contributed by atoms with E-state index in [-0.39, 0.29) is 5.56 Å². The van der Waals surface area contributed by atoms with Crippen molar-refractivity contribution in [3.8, 4) is 0 Å². The predicted octanol–water partition coefficient (Wildman–Crippen LogP) is 3.57. The smallest absolute Gasteiger partial charge is 0.274 e. The van der Waals surface area contributed by atoms with E-state index in [4.69, 9.17) is 0 Å². The molecule has 162 valence electrons. The number of anilines is 5. The van der Waals surface area contributed by atoms with E-state index in [1.165, 1.54) is 16.7 Å². The Morgan fingerprint density at radius 2 is 1.81 bits per heavy atom. The molecule has 0 amide bonds. The Hall–Kier alpha value is -2.91. The van der Waals surface area contributed by atoms with Gasteiger partial charge in [-0.2, -0.15) is 4.98 Å². The molecule has 1 aliphatic rings. The molecule has 1 aliphatic heterocycles. The number of halogens is 1. The Bertz CT molecular complexity index is 1100. The van der Waals surface area contributed by atoms with Gasteiger partial charge in [-0.05, 0) is 72.3 Å². The van der Waals surface area contributed by atoms with Gasteiger partial charge in [0.05, 0.1) is 4.47 Å². The molecule has 3 aromatic rings. The third-order valence-corrected chi connectivity index (χ3v) is 5.91. The Morgan fingerprint density at radius 3 is 2.61 bits per heavy atom. The van der Waals surface area contributed by atoms with Gasteiger partial charge in [0.2, 0.25) is 5.95 Å². The van der Waals surface area contributed by atoms with Crippen LogP contribution in [-0.2, 0) is 7.05 Å². The van der Waals surface area contributed by atoms with Crippen LogP contribution in [0.15, 0.2) is 58.1 Å². The van der Waals surface area contributed by atoms with Crippen LogP contribution in [0.5, 0.6) is 0 Å². The van der Waals surface area contributed by atoms with Gasteiger partial charge < -0.3 is 25.0 Å². The fourth-order valence-corrected chi connectivity index (χ4v) is 3.81. The molecule has 0 aliphatic carbocycles. The number of rotatable bonds is 5. The summed E-state index contributed by atoms with van der Waals surface area (Å²) < 4.78 is 2.19. The van der Waals surface area contributed by atoms with Crippen molar-refractivity contribution in [3.63, 3.8) is 0 Å². The van der Waals surface area contributed by atoms with Crippen molar-refractivity contribution in [1.82, 2.24) is 19.4 Å². The highest BCUT2D eigenvalue weighted by Gasteiger charge is 2.13. The second kappa shape index (κ2) is 9.49. The largest absolute Gasteiger partial charge is 0.370 e. The van der Waals surface area contributed by atoms with Crippen molar-refractivity contribution in [3.05, 3.63) is 63.6 Å². The number of aromatic nitrogens is 3. The predicted molar refractivity (Wildman–Crippen MR) is 129 cm³/mol. The summed E-state index contributed by atoms with van der Waals surface area (Å²) in [6.07, 6.45) is 4.54. The highest BCUT2D eigenvalue weighted by molar-refractivity contribution is 9.10. The summed E-state index contributed by atoms with van der Waals surface area (Å²) in [5, 5.41) is 6.33. The SMILES string of the molecule is CN1CCCN(c2ccc(Nc3ncc(Br)c(Nc4cccn(C)c4=O)n3)cc2)CC1. The highest BCUT2D eigenvalue weighted by atomic mass is 79.9. The number of hydrogen-bond donors (Lipinski definition) is 2. The number of aryl methyl sites for hydroxylation is 1. The molecule has 1 fully saturated rings. The van der Waals surface area contributed by atoms with Crippen LogP contribution in [0.2, 0.25) is 0 Å². The van der Waals surface area contributed by atoms with Gasteiger partial charge in [0.25, 0.3) is 5.56 Å². The zero-order valence-corrected chi connectivity index (χ0v) is 19.3. The number of benzene rings is 1. The maximum absolute atomic E-state index is 12.3. The molecule has 2 aromatic heterocycles. The minimum Gasteiger partial charge on any atom is -0.370 e. The number of likely N-dealkylation sites (N-methyl/N-ethyl adjacent to an activating group) is 1. The van der Waals surface area contributed by atoms with Crippen molar-refractivity contribution in [2.24, 2.45) is 7.05 Å². The molecular formula is C22H26BrN7O. The summed E-state index contributed by atoms with van der Waals surface area (Å²) in [7, 11) is 3.89. The van der Waals surface area contributed by atoms with Crippen molar-refractivity contribution in [2.75, 3.05) is 48.8 Å². The van der Waals surface area contributed by atoms with Gasteiger partial charge in [-0.1, -0.05) is 0 Å². The second-order valence-corrected chi connectivity index (χ2v) is 8.52. The van der Waals surface area contributed by atoms with Crippen molar-refractivity contribution >= 4 is 44.8 Å². The summed E-state index contributed by atoms with van der Waals surface area (Å²) in [5.41, 5.74) is 2.44. The first-order chi connectivity index (χ1) is 15.0. The first kappa shape index (κ1) is 21.3. The van der Waals surface area contributed by atoms with Crippen LogP contribution >= 0.6 is 15.9 Å². The number of pyridine rings is 1. The van der Waals surface area contributed by atoms with Crippen molar-refractivity contribution in [1.29, 1.82) is 0 Å². The standard InChI is InChI=1S/C22H26BrN7O/c1-28-10-4-12-30(14-13-28)17-8-6-16(7-9-17)25-22-24-15-18(23)20(27-22)26-19-5-3-11-29(2)21(19)31/h3,5-9,11,15H,4,10,12-14H2,1-2H3,(H2,24,25,26,27). The fourth-order valence-electron chi connectivity index (χ4n) is 3.52. The van der Waals surface area contributed by atoms with Gasteiger partial charge in [0.1, 0.15) is 5.69 Å². The number of hydrogen-bond acceptors (Lipinski definition) is 7. The molecule has 31 heavy (non-hydrogen) atoms. The normalized spacial score (nSPS) is 14.9. The quantitative estimate of drug-likeness (QED) is 0.574. The van der Waals surface area contributed by atoms with E-state index in [0.29, 0.717) is 21.9 Å². The highest BCUT2D eigenvalue weighted by Crippen LogP contribution is 2.25. The fraction of sp³-hybridized carbons (Fsp3) is 0.318. The average molecular weight is 484 g/mol. The topological polar surface area (TPSA) is 78.3 Å². The minimum atomic E-state index is -0.127. The van der Waals surface area contributed by atoms with E-state index in [0.717, 1.165) is 31.9 Å². The number of nitrogens with zero attached hydrogens (tertiary/aromatic N) is 5. The zero-order chi connectivity index (χ0) is 21.8. The monoisotopic (exact) mass is 483 g/mol. The van der Waals surface area contributed by atoms with E-state index >= 15 is 0 Å². The van der Waals surface area contributed by atoms with Crippen molar-refractivity contribution < 1.29 is 0 Å². The second-order valence-electron chi connectivity index (χ2n) is 7.67. The summed E-state index contributed by atoms with van der Waals surface area (Å²) in [6.45, 7) is 4.32. The van der Waals surface area contributed by atoms with E-state index in [1.54, 1.807) is 25.5 Å². The Balaban J connectivity index is 1.47. The van der Waals surface area contributed by atoms with Crippen LogP contribution in [0.1, 0.15) is 6.42 Å². The van der Waals surface area contributed by atoms with Crippen LogP contribution in [0.25, 0.3) is 0 Å².